The van der Waals surface area contributed by atoms with Crippen molar-refractivity contribution >= 4 is 39.2 Å². The monoisotopic (exact) mass is 501 g/mol. The van der Waals surface area contributed by atoms with Gasteiger partial charge in [0.1, 0.15) is 4.70 Å². The van der Waals surface area contributed by atoms with Crippen molar-refractivity contribution < 1.29 is 18.7 Å². The van der Waals surface area contributed by atoms with Crippen LogP contribution in [0.5, 0.6) is 0 Å². The summed E-state index contributed by atoms with van der Waals surface area (Å²) in [7, 11) is 11.3. The molecule has 2 rings (SSSR count). The zero-order chi connectivity index (χ0) is 26.1. The number of nitrogens with one attached hydrogen (secondary N) is 2. The van der Waals surface area contributed by atoms with Crippen molar-refractivity contribution in [3.63, 3.8) is 0 Å². The number of quaternary nitrogens is 2. The molecule has 7 heteroatoms. The standard InChI is InChI=1S/C20H33N4OS2.3C2H6/c1-23(2,3)12-8-14-24(4,5)13-7-11-21-19(25)16-9-10-17-18(15-16)27-20(22-17)26-6;3*1-2/h9-10,15H,7-8,11-14H2,1-6H3;3*1-2H3/q+1;;;/p+2. The van der Waals surface area contributed by atoms with E-state index in [-0.39, 0.29) is 5.91 Å². The molecule has 0 aliphatic heterocycles. The molecule has 192 valence electrons. The van der Waals surface area contributed by atoms with Gasteiger partial charge in [-0.15, -0.1) is 0 Å². The lowest BCUT2D eigenvalue weighted by Crippen LogP contribution is -2.45. The Hall–Kier alpha value is -1.15. The normalized spacial score (nSPS) is 10.8. The molecule has 0 aliphatic carbocycles. The van der Waals surface area contributed by atoms with Gasteiger partial charge in [0.15, 0.2) is 0 Å². The molecule has 0 aliphatic rings. The molecule has 2 aromatic rings. The number of hydrogen-bond donors (Lipinski definition) is 1. The van der Waals surface area contributed by atoms with Crippen LogP contribution < -0.4 is 10.3 Å². The summed E-state index contributed by atoms with van der Waals surface area (Å²) in [4.78, 5) is 15.8. The summed E-state index contributed by atoms with van der Waals surface area (Å²) in [5, 5.41) is 3.07. The van der Waals surface area contributed by atoms with E-state index in [1.807, 2.05) is 59.7 Å². The Kier molecular flexibility index (Phi) is 18.8. The van der Waals surface area contributed by atoms with Gasteiger partial charge in [-0.25, -0.2) is 0 Å². The van der Waals surface area contributed by atoms with E-state index in [0.29, 0.717) is 0 Å². The third-order valence-corrected chi connectivity index (χ3v) is 6.75. The Bertz CT molecular complexity index is 767. The van der Waals surface area contributed by atoms with Crippen molar-refractivity contribution in [2.24, 2.45) is 0 Å². The van der Waals surface area contributed by atoms with Gasteiger partial charge in [0.05, 0.1) is 54.9 Å². The Morgan fingerprint density at radius 2 is 1.52 bits per heavy atom. The van der Waals surface area contributed by atoms with E-state index < -0.39 is 0 Å². The number of aromatic nitrogens is 1. The highest BCUT2D eigenvalue weighted by Gasteiger charge is 2.17. The molecular weight excluding hydrogens is 448 g/mol. The SMILES string of the molecule is CC.CC.CC.CSc1[nH+]c2ccc(C(=O)NCCC[N+](C)(C)CCC[N+](C)(C)C)cc2s1. The third-order valence-electron chi connectivity index (χ3n) is 4.69. The number of carbonyl (C=O) groups excluding carboxylic acids is 1. The van der Waals surface area contributed by atoms with Gasteiger partial charge in [-0.2, -0.15) is 4.98 Å². The minimum atomic E-state index is 0.0198. The second kappa shape index (κ2) is 18.2. The highest BCUT2D eigenvalue weighted by molar-refractivity contribution is 8.00. The van der Waals surface area contributed by atoms with Gasteiger partial charge in [0, 0.05) is 31.0 Å². The van der Waals surface area contributed by atoms with Gasteiger partial charge in [-0.05, 0) is 30.2 Å². The van der Waals surface area contributed by atoms with Crippen LogP contribution in [-0.4, -0.2) is 82.5 Å². The topological polar surface area (TPSA) is 43.2 Å². The number of amides is 1. The van der Waals surface area contributed by atoms with E-state index in [0.717, 1.165) is 48.6 Å². The Labute approximate surface area is 213 Å². The van der Waals surface area contributed by atoms with Crippen LogP contribution in [0.25, 0.3) is 10.2 Å². The molecule has 2 N–H and O–H groups in total. The number of H-pyrrole nitrogens is 1. The number of hydrogen-bond acceptors (Lipinski definition) is 3. The van der Waals surface area contributed by atoms with Crippen molar-refractivity contribution in [3.05, 3.63) is 23.8 Å². The number of benzene rings is 1. The smallest absolute Gasteiger partial charge is 0.296 e. The summed E-state index contributed by atoms with van der Waals surface area (Å²) in [6, 6.07) is 5.88. The Morgan fingerprint density at radius 3 is 2.06 bits per heavy atom. The first-order chi connectivity index (χ1) is 15.6. The van der Waals surface area contributed by atoms with Gasteiger partial charge in [0.25, 0.3) is 10.2 Å². The van der Waals surface area contributed by atoms with E-state index >= 15 is 0 Å². The lowest BCUT2D eigenvalue weighted by Gasteiger charge is -2.31. The van der Waals surface area contributed by atoms with E-state index in [9.17, 15) is 4.79 Å². The first-order valence-electron chi connectivity index (χ1n) is 12.5. The van der Waals surface area contributed by atoms with Crippen LogP contribution in [-0.2, 0) is 0 Å². The average Bonchev–Trinajstić information content (AvgIpc) is 3.22. The number of thioether (sulfide) groups is 1. The largest absolute Gasteiger partial charge is 0.352 e. The minimum Gasteiger partial charge on any atom is -0.352 e. The van der Waals surface area contributed by atoms with E-state index in [4.69, 9.17) is 0 Å². The first kappa shape index (κ1) is 34.0. The molecule has 33 heavy (non-hydrogen) atoms. The van der Waals surface area contributed by atoms with Crippen molar-refractivity contribution in [2.45, 2.75) is 58.7 Å². The van der Waals surface area contributed by atoms with Crippen LogP contribution in [0.1, 0.15) is 64.7 Å². The number of fused-ring (bicyclic) bond motifs is 1. The van der Waals surface area contributed by atoms with E-state index in [1.54, 1.807) is 23.1 Å². The maximum atomic E-state index is 12.4. The van der Waals surface area contributed by atoms with Crippen molar-refractivity contribution in [1.29, 1.82) is 0 Å². The maximum absolute atomic E-state index is 12.4. The molecule has 0 unspecified atom stereocenters. The van der Waals surface area contributed by atoms with Crippen molar-refractivity contribution in [2.75, 3.05) is 67.7 Å². The van der Waals surface area contributed by atoms with Crippen LogP contribution in [0.3, 0.4) is 0 Å². The zero-order valence-corrected chi connectivity index (χ0v) is 25.2. The average molecular weight is 502 g/mol. The molecule has 0 radical (unpaired) electrons. The fourth-order valence-electron chi connectivity index (χ4n) is 3.08. The number of thiazole rings is 1. The fourth-order valence-corrected chi connectivity index (χ4v) is 4.67. The lowest BCUT2D eigenvalue weighted by molar-refractivity contribution is -0.902. The number of rotatable bonds is 10. The Balaban J connectivity index is 0. The summed E-state index contributed by atoms with van der Waals surface area (Å²) in [5.41, 5.74) is 1.83. The fraction of sp³-hybridized carbons (Fsp3) is 0.692. The van der Waals surface area contributed by atoms with E-state index in [2.05, 4.69) is 51.8 Å². The maximum Gasteiger partial charge on any atom is 0.296 e. The third kappa shape index (κ3) is 14.7. The van der Waals surface area contributed by atoms with Crippen molar-refractivity contribution in [3.8, 4) is 0 Å². The zero-order valence-electron chi connectivity index (χ0n) is 23.6. The molecule has 1 amide bonds. The predicted octanol–water partition coefficient (Wildman–Crippen LogP) is 5.81. The summed E-state index contributed by atoms with van der Waals surface area (Å²) in [5.74, 6) is 0.0198. The molecule has 1 aromatic carbocycles. The van der Waals surface area contributed by atoms with Crippen LogP contribution in [0, 0.1) is 0 Å². The van der Waals surface area contributed by atoms with Crippen LogP contribution in [0.4, 0.5) is 0 Å². The molecule has 0 spiro atoms. The van der Waals surface area contributed by atoms with Crippen LogP contribution in [0.2, 0.25) is 0 Å². The number of carbonyl (C=O) groups is 1. The summed E-state index contributed by atoms with van der Waals surface area (Å²) in [6.07, 6.45) is 4.27. The molecule has 0 atom stereocenters. The van der Waals surface area contributed by atoms with Gasteiger partial charge >= 0.3 is 0 Å². The molecule has 0 bridgehead atoms. The number of nitrogens with zero attached hydrogens (tertiary/aromatic N) is 2. The quantitative estimate of drug-likeness (QED) is 0.254. The molecule has 0 saturated carbocycles. The molecule has 1 aromatic heterocycles. The number of aromatic amines is 1. The summed E-state index contributed by atoms with van der Waals surface area (Å²) < 4.78 is 4.31. The summed E-state index contributed by atoms with van der Waals surface area (Å²) in [6.45, 7) is 16.2. The Morgan fingerprint density at radius 1 is 0.939 bits per heavy atom. The lowest BCUT2D eigenvalue weighted by atomic mass is 10.2. The predicted molar refractivity (Wildman–Crippen MR) is 151 cm³/mol. The molecular formula is C26H53N4OS2+3. The second-order valence-corrected chi connectivity index (χ2v) is 10.9. The van der Waals surface area contributed by atoms with Gasteiger partial charge in [0.2, 0.25) is 5.52 Å². The second-order valence-electron chi connectivity index (χ2n) is 8.79. The molecule has 0 saturated heterocycles. The first-order valence-corrected chi connectivity index (χ1v) is 14.5. The highest BCUT2D eigenvalue weighted by atomic mass is 32.2. The van der Waals surface area contributed by atoms with Gasteiger partial charge < -0.3 is 14.3 Å². The summed E-state index contributed by atoms with van der Waals surface area (Å²) >= 11 is 3.39. The van der Waals surface area contributed by atoms with Crippen LogP contribution >= 0.6 is 23.1 Å². The minimum absolute atomic E-state index is 0.0198. The molecule has 1 heterocycles. The highest BCUT2D eigenvalue weighted by Crippen LogP contribution is 2.25. The molecule has 0 fully saturated rings. The molecule has 5 nitrogen and oxygen atoms in total. The van der Waals surface area contributed by atoms with Crippen molar-refractivity contribution in [1.82, 2.24) is 5.32 Å². The van der Waals surface area contributed by atoms with E-state index in [1.165, 1.54) is 19.5 Å². The van der Waals surface area contributed by atoms with Crippen LogP contribution in [0.15, 0.2) is 22.5 Å². The van der Waals surface area contributed by atoms with Gasteiger partial charge in [-0.3, -0.25) is 4.79 Å². The van der Waals surface area contributed by atoms with Gasteiger partial charge in [-0.1, -0.05) is 52.9 Å².